The summed E-state index contributed by atoms with van der Waals surface area (Å²) in [5, 5.41) is 8.76. The third-order valence-corrected chi connectivity index (χ3v) is 3.64. The highest BCUT2D eigenvalue weighted by atomic mass is 32.1. The van der Waals surface area contributed by atoms with E-state index >= 15 is 0 Å². The molecule has 0 spiro atoms. The number of hydrogen-bond acceptors (Lipinski definition) is 2. The highest BCUT2D eigenvalue weighted by Gasteiger charge is 2.17. The first kappa shape index (κ1) is 16.8. The minimum atomic E-state index is -1.07. The molecule has 20 heavy (non-hydrogen) atoms. The lowest BCUT2D eigenvalue weighted by molar-refractivity contribution is 0.0693. The summed E-state index contributed by atoms with van der Waals surface area (Å²) in [6.45, 7) is 4.22. The van der Waals surface area contributed by atoms with Crippen LogP contribution < -0.4 is 0 Å². The number of thiol groups is 1. The summed E-state index contributed by atoms with van der Waals surface area (Å²) < 4.78 is 0. The molecular formula is C16H22O3S. The average molecular weight is 294 g/mol. The highest BCUT2D eigenvalue weighted by Crippen LogP contribution is 2.22. The van der Waals surface area contributed by atoms with Gasteiger partial charge in [0.1, 0.15) is 0 Å². The van der Waals surface area contributed by atoms with Crippen LogP contribution in [0.1, 0.15) is 71.4 Å². The Kier molecular flexibility index (Phi) is 6.79. The lowest BCUT2D eigenvalue weighted by atomic mass is 9.92. The lowest BCUT2D eigenvalue weighted by Crippen LogP contribution is -2.09. The molecule has 0 atom stereocenters. The van der Waals surface area contributed by atoms with E-state index in [4.69, 9.17) is 0 Å². The molecule has 0 aliphatic heterocycles. The second-order valence-corrected chi connectivity index (χ2v) is 5.39. The van der Waals surface area contributed by atoms with Crippen molar-refractivity contribution in [3.05, 3.63) is 34.4 Å². The van der Waals surface area contributed by atoms with E-state index < -0.39 is 11.1 Å². The van der Waals surface area contributed by atoms with E-state index in [2.05, 4.69) is 26.5 Å². The summed E-state index contributed by atoms with van der Waals surface area (Å²) in [6.07, 6.45) is 5.92. The fraction of sp³-hybridized carbons (Fsp3) is 0.500. The van der Waals surface area contributed by atoms with Crippen LogP contribution in [0, 0.1) is 0 Å². The van der Waals surface area contributed by atoms with Gasteiger partial charge in [0.05, 0.1) is 5.56 Å². The van der Waals surface area contributed by atoms with Crippen LogP contribution in [-0.4, -0.2) is 16.2 Å². The Hall–Kier alpha value is -1.29. The topological polar surface area (TPSA) is 54.4 Å². The molecule has 1 aromatic carbocycles. The molecule has 4 heteroatoms. The van der Waals surface area contributed by atoms with Crippen molar-refractivity contribution in [2.45, 2.75) is 52.4 Å². The summed E-state index contributed by atoms with van der Waals surface area (Å²) in [4.78, 5) is 22.8. The van der Waals surface area contributed by atoms with Gasteiger partial charge < -0.3 is 5.11 Å². The van der Waals surface area contributed by atoms with Gasteiger partial charge in [0.2, 0.25) is 5.12 Å². The molecule has 3 nitrogen and oxygen atoms in total. The second-order valence-electron chi connectivity index (χ2n) is 4.98. The average Bonchev–Trinajstić information content (AvgIpc) is 2.42. The Morgan fingerprint density at radius 3 is 1.80 bits per heavy atom. The van der Waals surface area contributed by atoms with Gasteiger partial charge in [-0.25, -0.2) is 4.79 Å². The maximum atomic E-state index is 11.5. The number of carbonyl (C=O) groups excluding carboxylic acids is 1. The maximum Gasteiger partial charge on any atom is 0.336 e. The van der Waals surface area contributed by atoms with Crippen LogP contribution in [0.3, 0.4) is 0 Å². The molecule has 1 aromatic rings. The number of carbonyl (C=O) groups is 2. The molecule has 0 amide bonds. The first-order valence-electron chi connectivity index (χ1n) is 7.13. The second kappa shape index (κ2) is 8.10. The van der Waals surface area contributed by atoms with Crippen LogP contribution in [0.15, 0.2) is 12.1 Å². The van der Waals surface area contributed by atoms with E-state index in [0.29, 0.717) is 0 Å². The monoisotopic (exact) mass is 294 g/mol. The third kappa shape index (κ3) is 4.37. The zero-order chi connectivity index (χ0) is 15.1. The highest BCUT2D eigenvalue weighted by molar-refractivity contribution is 7.97. The van der Waals surface area contributed by atoms with Crippen LogP contribution in [0.4, 0.5) is 0 Å². The van der Waals surface area contributed by atoms with Crippen molar-refractivity contribution in [3.8, 4) is 0 Å². The van der Waals surface area contributed by atoms with E-state index in [1.54, 1.807) is 12.1 Å². The number of carboxylic acids is 1. The Labute approximate surface area is 125 Å². The Bertz CT molecular complexity index is 450. The van der Waals surface area contributed by atoms with Crippen LogP contribution in [0.2, 0.25) is 0 Å². The van der Waals surface area contributed by atoms with Gasteiger partial charge in [0.15, 0.2) is 0 Å². The van der Waals surface area contributed by atoms with Crippen LogP contribution in [0.25, 0.3) is 0 Å². The number of benzene rings is 1. The van der Waals surface area contributed by atoms with Gasteiger partial charge in [-0.1, -0.05) is 26.7 Å². The van der Waals surface area contributed by atoms with Crippen molar-refractivity contribution < 1.29 is 14.7 Å². The van der Waals surface area contributed by atoms with Gasteiger partial charge in [-0.2, -0.15) is 0 Å². The quantitative estimate of drug-likeness (QED) is 0.708. The minimum absolute atomic E-state index is 0.0661. The zero-order valence-electron chi connectivity index (χ0n) is 12.1. The molecule has 0 radical (unpaired) electrons. The fourth-order valence-corrected chi connectivity index (χ4v) is 2.43. The smallest absolute Gasteiger partial charge is 0.336 e. The SMILES string of the molecule is CCCCc1cc(C(=O)O)c(C(=O)S)cc1CCCC. The first-order chi connectivity index (χ1) is 9.51. The van der Waals surface area contributed by atoms with Crippen molar-refractivity contribution in [2.75, 3.05) is 0 Å². The molecular weight excluding hydrogens is 272 g/mol. The predicted octanol–water partition coefficient (Wildman–Crippen LogP) is 4.14. The van der Waals surface area contributed by atoms with E-state index in [1.807, 2.05) is 0 Å². The van der Waals surface area contributed by atoms with Crippen LogP contribution >= 0.6 is 12.6 Å². The fourth-order valence-electron chi connectivity index (χ4n) is 2.24. The number of carboxylic acid groups (broad SMARTS) is 1. The van der Waals surface area contributed by atoms with Gasteiger partial charge in [-0.05, 0) is 48.9 Å². The summed E-state index contributed by atoms with van der Waals surface area (Å²) in [5.74, 6) is -1.07. The van der Waals surface area contributed by atoms with E-state index in [9.17, 15) is 14.7 Å². The van der Waals surface area contributed by atoms with Crippen molar-refractivity contribution in [3.63, 3.8) is 0 Å². The lowest BCUT2D eigenvalue weighted by Gasteiger charge is -2.13. The first-order valence-corrected chi connectivity index (χ1v) is 7.58. The molecule has 110 valence electrons. The molecule has 0 aliphatic carbocycles. The molecule has 1 N–H and O–H groups in total. The van der Waals surface area contributed by atoms with E-state index in [1.165, 1.54) is 0 Å². The molecule has 0 saturated heterocycles. The summed E-state index contributed by atoms with van der Waals surface area (Å²) in [7, 11) is 0. The third-order valence-electron chi connectivity index (χ3n) is 3.40. The van der Waals surface area contributed by atoms with Crippen LogP contribution in [-0.2, 0) is 12.8 Å². The molecule has 0 bridgehead atoms. The standard InChI is InChI=1S/C16H22O3S/c1-3-5-7-11-9-13(15(17)18)14(16(19)20)10-12(11)8-6-4-2/h9-10H,3-8H2,1-2H3,(H,17,18)(H,19,20). The normalized spacial score (nSPS) is 10.6. The molecule has 0 aromatic heterocycles. The van der Waals surface area contributed by atoms with Gasteiger partial charge >= 0.3 is 5.97 Å². The van der Waals surface area contributed by atoms with Gasteiger partial charge in [-0.3, -0.25) is 4.79 Å². The van der Waals surface area contributed by atoms with Gasteiger partial charge in [0.25, 0.3) is 0 Å². The van der Waals surface area contributed by atoms with Gasteiger partial charge in [0, 0.05) is 5.56 Å². The number of hydrogen-bond donors (Lipinski definition) is 2. The Morgan fingerprint density at radius 1 is 1.00 bits per heavy atom. The van der Waals surface area contributed by atoms with Crippen molar-refractivity contribution >= 4 is 23.7 Å². The van der Waals surface area contributed by atoms with Crippen molar-refractivity contribution in [1.82, 2.24) is 0 Å². The number of aromatic carboxylic acids is 1. The molecule has 0 saturated carbocycles. The van der Waals surface area contributed by atoms with Crippen molar-refractivity contribution in [2.24, 2.45) is 0 Å². The molecule has 0 aliphatic rings. The number of aryl methyl sites for hydroxylation is 2. The number of unbranched alkanes of at least 4 members (excludes halogenated alkanes) is 2. The zero-order valence-corrected chi connectivity index (χ0v) is 13.0. The van der Waals surface area contributed by atoms with Gasteiger partial charge in [-0.15, -0.1) is 12.6 Å². The van der Waals surface area contributed by atoms with Crippen LogP contribution in [0.5, 0.6) is 0 Å². The summed E-state index contributed by atoms with van der Waals surface area (Å²) >= 11 is 3.79. The van der Waals surface area contributed by atoms with Crippen molar-refractivity contribution in [1.29, 1.82) is 0 Å². The molecule has 0 unspecified atom stereocenters. The Balaban J connectivity index is 3.27. The largest absolute Gasteiger partial charge is 0.478 e. The van der Waals surface area contributed by atoms with E-state index in [0.717, 1.165) is 49.7 Å². The Morgan fingerprint density at radius 2 is 1.45 bits per heavy atom. The molecule has 0 fully saturated rings. The van der Waals surface area contributed by atoms with E-state index in [-0.39, 0.29) is 11.1 Å². The summed E-state index contributed by atoms with van der Waals surface area (Å²) in [5.41, 5.74) is 2.40. The predicted molar refractivity (Wildman–Crippen MR) is 83.9 cm³/mol. The summed E-state index contributed by atoms with van der Waals surface area (Å²) in [6, 6.07) is 3.38. The maximum absolute atomic E-state index is 11.5. The molecule has 1 rings (SSSR count). The number of rotatable bonds is 8. The molecule has 0 heterocycles. The minimum Gasteiger partial charge on any atom is -0.478 e.